The molecule has 10 aromatic rings. The van der Waals surface area contributed by atoms with Crippen LogP contribution in [0.5, 0.6) is 0 Å². The molecule has 0 amide bonds. The lowest BCUT2D eigenvalue weighted by molar-refractivity contribution is 0.724. The van der Waals surface area contributed by atoms with Gasteiger partial charge in [-0.15, -0.1) is 0 Å². The van der Waals surface area contributed by atoms with Crippen molar-refractivity contribution in [3.05, 3.63) is 241 Å². The molecule has 0 N–H and O–H groups in total. The minimum absolute atomic E-state index is 0.573. The van der Waals surface area contributed by atoms with Gasteiger partial charge in [0.15, 0.2) is 17.5 Å². The molecule has 0 aliphatic carbocycles. The molecule has 2 aromatic heterocycles. The van der Waals surface area contributed by atoms with E-state index >= 15 is 0 Å². The summed E-state index contributed by atoms with van der Waals surface area (Å²) in [5.41, 5.74) is 14.0. The zero-order valence-electron chi connectivity index (χ0n) is 32.8. The van der Waals surface area contributed by atoms with Gasteiger partial charge in [-0.3, -0.25) is 0 Å². The topological polar surface area (TPSA) is 43.6 Å². The van der Waals surface area contributed by atoms with Crippen LogP contribution in [0.4, 0.5) is 0 Å². The summed E-state index contributed by atoms with van der Waals surface area (Å²) in [4.78, 5) is 14.8. The Bertz CT molecular complexity index is 3220. The summed E-state index contributed by atoms with van der Waals surface area (Å²) >= 11 is 0. The molecule has 0 saturated carbocycles. The van der Waals surface area contributed by atoms with Gasteiger partial charge in [-0.25, -0.2) is 15.0 Å². The van der Waals surface area contributed by atoms with Gasteiger partial charge in [0.1, 0.15) is 0 Å². The van der Waals surface area contributed by atoms with Crippen LogP contribution >= 0.6 is 0 Å². The molecule has 0 spiro atoms. The third kappa shape index (κ3) is 5.42. The fourth-order valence-corrected chi connectivity index (χ4v) is 9.37. The van der Waals surface area contributed by atoms with Gasteiger partial charge in [-0.1, -0.05) is 195 Å². The molecule has 0 radical (unpaired) electrons. The predicted molar refractivity (Wildman–Crippen MR) is 248 cm³/mol. The minimum Gasteiger partial charge on any atom is -0.309 e. The highest BCUT2D eigenvalue weighted by atomic mass is 15.0. The number of benzene rings is 8. The first-order valence-corrected chi connectivity index (χ1v) is 20.3. The number of rotatable bonds is 8. The second-order valence-corrected chi connectivity index (χ2v) is 15.3. The number of para-hydroxylation sites is 2. The first-order chi connectivity index (χ1) is 29.6. The lowest BCUT2D eigenvalue weighted by atomic mass is 9.63. The number of fused-ring (bicyclic) bond motifs is 3. The third-order valence-electron chi connectivity index (χ3n) is 12.1. The standard InChI is InChI=1S/C56H38N4/c1-3-46-47-23-16-25-49-52(47)60(50(46)4-2)51-26-15-14-24-48(51)56(49,44-21-12-7-13-22-44)45-33-31-37(32-34-45)40-27-28-42-36-43(30-29-41(42)35-40)55-58-53(38-17-8-5-9-18-38)57-54(59-55)39-19-10-6-11-20-39/h3-36H,1-2H2. The molecule has 1 aliphatic heterocycles. The quantitative estimate of drug-likeness (QED) is 0.155. The Morgan fingerprint density at radius 2 is 0.933 bits per heavy atom. The lowest BCUT2D eigenvalue weighted by Gasteiger charge is -2.42. The SMILES string of the molecule is C=Cc1c(C=C)n2c3c(cccc13)C(c1ccccc1)(c1ccc(-c3ccc4cc(-c5nc(-c6ccccc6)nc(-c6ccccc6)n5)ccc4c3)cc1)c1ccccc1-2. The Morgan fingerprint density at radius 3 is 1.57 bits per heavy atom. The van der Waals surface area contributed by atoms with E-state index in [1.165, 1.54) is 33.2 Å². The van der Waals surface area contributed by atoms with Crippen molar-refractivity contribution in [2.24, 2.45) is 0 Å². The van der Waals surface area contributed by atoms with Crippen LogP contribution in [-0.2, 0) is 5.41 Å². The van der Waals surface area contributed by atoms with Gasteiger partial charge in [-0.05, 0) is 68.4 Å². The summed E-state index contributed by atoms with van der Waals surface area (Å²) in [6.07, 6.45) is 3.93. The first-order valence-electron chi connectivity index (χ1n) is 20.3. The average Bonchev–Trinajstić information content (AvgIpc) is 3.67. The fourth-order valence-electron chi connectivity index (χ4n) is 9.37. The van der Waals surface area contributed by atoms with E-state index in [2.05, 4.69) is 151 Å². The van der Waals surface area contributed by atoms with Crippen molar-refractivity contribution in [3.8, 4) is 51.0 Å². The van der Waals surface area contributed by atoms with Crippen molar-refractivity contribution in [3.63, 3.8) is 0 Å². The summed E-state index contributed by atoms with van der Waals surface area (Å²) in [5.74, 6) is 1.95. The van der Waals surface area contributed by atoms with Gasteiger partial charge < -0.3 is 4.57 Å². The number of hydrogen-bond acceptors (Lipinski definition) is 3. The third-order valence-corrected chi connectivity index (χ3v) is 12.1. The molecule has 3 heterocycles. The fraction of sp³-hybridized carbons (Fsp3) is 0.0179. The molecule has 11 rings (SSSR count). The summed E-state index contributed by atoms with van der Waals surface area (Å²) in [6.45, 7) is 8.48. The summed E-state index contributed by atoms with van der Waals surface area (Å²) in [5, 5.41) is 3.44. The second-order valence-electron chi connectivity index (χ2n) is 15.3. The molecular weight excluding hydrogens is 729 g/mol. The van der Waals surface area contributed by atoms with Crippen LogP contribution < -0.4 is 0 Å². The summed E-state index contributed by atoms with van der Waals surface area (Å²) in [6, 6.07) is 69.0. The van der Waals surface area contributed by atoms with Gasteiger partial charge in [0, 0.05) is 27.6 Å². The normalized spacial score (nSPS) is 14.2. The van der Waals surface area contributed by atoms with E-state index in [-0.39, 0.29) is 0 Å². The molecule has 4 heteroatoms. The van der Waals surface area contributed by atoms with Crippen molar-refractivity contribution >= 4 is 33.8 Å². The molecule has 282 valence electrons. The molecule has 60 heavy (non-hydrogen) atoms. The zero-order valence-corrected chi connectivity index (χ0v) is 32.8. The van der Waals surface area contributed by atoms with Gasteiger partial charge in [0.25, 0.3) is 0 Å². The zero-order chi connectivity index (χ0) is 40.2. The van der Waals surface area contributed by atoms with Crippen LogP contribution in [0.1, 0.15) is 33.5 Å². The highest BCUT2D eigenvalue weighted by molar-refractivity contribution is 6.00. The highest BCUT2D eigenvalue weighted by Gasteiger charge is 2.45. The molecule has 0 bridgehead atoms. The van der Waals surface area contributed by atoms with Crippen LogP contribution in [0.15, 0.2) is 207 Å². The minimum atomic E-state index is -0.573. The van der Waals surface area contributed by atoms with Crippen LogP contribution in [0.3, 0.4) is 0 Å². The first kappa shape index (κ1) is 35.2. The van der Waals surface area contributed by atoms with Gasteiger partial charge >= 0.3 is 0 Å². The van der Waals surface area contributed by atoms with Crippen LogP contribution in [0, 0.1) is 0 Å². The smallest absolute Gasteiger partial charge is 0.164 e. The Morgan fingerprint density at radius 1 is 0.417 bits per heavy atom. The predicted octanol–water partition coefficient (Wildman–Crippen LogP) is 13.6. The van der Waals surface area contributed by atoms with Crippen LogP contribution in [-0.4, -0.2) is 19.5 Å². The van der Waals surface area contributed by atoms with Gasteiger partial charge in [-0.2, -0.15) is 0 Å². The van der Waals surface area contributed by atoms with Crippen LogP contribution in [0.25, 0.3) is 84.8 Å². The van der Waals surface area contributed by atoms with E-state index in [0.29, 0.717) is 17.5 Å². The lowest BCUT2D eigenvalue weighted by Crippen LogP contribution is -2.35. The highest BCUT2D eigenvalue weighted by Crippen LogP contribution is 2.54. The maximum atomic E-state index is 4.97. The van der Waals surface area contributed by atoms with E-state index in [4.69, 9.17) is 15.0 Å². The number of hydrogen-bond donors (Lipinski definition) is 0. The van der Waals surface area contributed by atoms with Crippen LogP contribution in [0.2, 0.25) is 0 Å². The van der Waals surface area contributed by atoms with E-state index in [1.807, 2.05) is 72.8 Å². The van der Waals surface area contributed by atoms with E-state index < -0.39 is 5.41 Å². The van der Waals surface area contributed by atoms with Gasteiger partial charge in [0.2, 0.25) is 0 Å². The Kier molecular flexibility index (Phi) is 8.31. The Labute approximate surface area is 349 Å². The monoisotopic (exact) mass is 766 g/mol. The molecule has 0 saturated heterocycles. The molecule has 8 aromatic carbocycles. The average molecular weight is 767 g/mol. The molecule has 1 aliphatic rings. The molecule has 1 unspecified atom stereocenters. The summed E-state index contributed by atoms with van der Waals surface area (Å²) < 4.78 is 2.38. The van der Waals surface area contributed by atoms with Crippen molar-refractivity contribution in [2.75, 3.05) is 0 Å². The summed E-state index contributed by atoms with van der Waals surface area (Å²) in [7, 11) is 0. The maximum Gasteiger partial charge on any atom is 0.164 e. The van der Waals surface area contributed by atoms with Crippen molar-refractivity contribution < 1.29 is 0 Å². The molecule has 1 atom stereocenters. The van der Waals surface area contributed by atoms with Crippen molar-refractivity contribution in [1.82, 2.24) is 19.5 Å². The Hall–Kier alpha value is -7.95. The molecular formula is C56H38N4. The van der Waals surface area contributed by atoms with E-state index in [0.717, 1.165) is 55.5 Å². The van der Waals surface area contributed by atoms with Crippen molar-refractivity contribution in [1.29, 1.82) is 0 Å². The molecule has 4 nitrogen and oxygen atoms in total. The largest absolute Gasteiger partial charge is 0.309 e. The van der Waals surface area contributed by atoms with Gasteiger partial charge in [0.05, 0.1) is 22.3 Å². The Balaban J connectivity index is 1.02. The van der Waals surface area contributed by atoms with Crippen molar-refractivity contribution in [2.45, 2.75) is 5.41 Å². The van der Waals surface area contributed by atoms with E-state index in [1.54, 1.807) is 0 Å². The molecule has 0 fully saturated rings. The second kappa shape index (κ2) is 14.2. The maximum absolute atomic E-state index is 4.97. The van der Waals surface area contributed by atoms with E-state index in [9.17, 15) is 0 Å². The number of aromatic nitrogens is 4. The number of nitrogens with zero attached hydrogens (tertiary/aromatic N) is 4.